The van der Waals surface area contributed by atoms with E-state index < -0.39 is 0 Å². The SMILES string of the molecule is O=C(N[C@H]1CCN2CCCC[C@@H]12)c1ccc(Cl)cc1. The summed E-state index contributed by atoms with van der Waals surface area (Å²) in [6.45, 7) is 2.31. The lowest BCUT2D eigenvalue weighted by Gasteiger charge is -2.32. The molecular formula is C15H19ClN2O. The first-order chi connectivity index (χ1) is 9.24. The average molecular weight is 279 g/mol. The first-order valence-electron chi connectivity index (χ1n) is 7.04. The fourth-order valence-corrected chi connectivity index (χ4v) is 3.39. The lowest BCUT2D eigenvalue weighted by Crippen LogP contribution is -2.46. The zero-order valence-electron chi connectivity index (χ0n) is 10.9. The van der Waals surface area contributed by atoms with E-state index in [1.165, 1.54) is 25.8 Å². The Hall–Kier alpha value is -1.06. The van der Waals surface area contributed by atoms with Crippen LogP contribution in [-0.4, -0.2) is 36.0 Å². The van der Waals surface area contributed by atoms with Crippen molar-refractivity contribution in [2.24, 2.45) is 0 Å². The Morgan fingerprint density at radius 3 is 2.74 bits per heavy atom. The van der Waals surface area contributed by atoms with Crippen LogP contribution in [0, 0.1) is 0 Å². The van der Waals surface area contributed by atoms with E-state index in [2.05, 4.69) is 10.2 Å². The van der Waals surface area contributed by atoms with E-state index in [1.54, 1.807) is 24.3 Å². The minimum absolute atomic E-state index is 0.0223. The van der Waals surface area contributed by atoms with Gasteiger partial charge in [0, 0.05) is 29.2 Å². The number of piperidine rings is 1. The Balaban J connectivity index is 1.65. The van der Waals surface area contributed by atoms with Crippen LogP contribution in [-0.2, 0) is 0 Å². The zero-order valence-corrected chi connectivity index (χ0v) is 11.7. The van der Waals surface area contributed by atoms with Crippen molar-refractivity contribution in [3.8, 4) is 0 Å². The van der Waals surface area contributed by atoms with Gasteiger partial charge < -0.3 is 5.32 Å². The second-order valence-electron chi connectivity index (χ2n) is 5.47. The normalized spacial score (nSPS) is 27.0. The van der Waals surface area contributed by atoms with Crippen LogP contribution in [0.2, 0.25) is 5.02 Å². The molecule has 102 valence electrons. The van der Waals surface area contributed by atoms with Gasteiger partial charge in [-0.25, -0.2) is 0 Å². The monoisotopic (exact) mass is 278 g/mol. The third kappa shape index (κ3) is 2.77. The second-order valence-corrected chi connectivity index (χ2v) is 5.91. The molecule has 2 aliphatic rings. The average Bonchev–Trinajstić information content (AvgIpc) is 2.83. The van der Waals surface area contributed by atoms with Crippen molar-refractivity contribution >= 4 is 17.5 Å². The summed E-state index contributed by atoms with van der Waals surface area (Å²) in [5, 5.41) is 3.85. The van der Waals surface area contributed by atoms with Gasteiger partial charge in [-0.2, -0.15) is 0 Å². The highest BCUT2D eigenvalue weighted by Gasteiger charge is 2.36. The summed E-state index contributed by atoms with van der Waals surface area (Å²) >= 11 is 5.84. The molecule has 2 fully saturated rings. The first-order valence-corrected chi connectivity index (χ1v) is 7.42. The molecule has 1 aromatic rings. The number of fused-ring (bicyclic) bond motifs is 1. The molecular weight excluding hydrogens is 260 g/mol. The number of nitrogens with one attached hydrogen (secondary N) is 1. The summed E-state index contributed by atoms with van der Waals surface area (Å²) in [5.74, 6) is 0.0223. The Bertz CT molecular complexity index is 460. The number of carbonyl (C=O) groups excluding carboxylic acids is 1. The van der Waals surface area contributed by atoms with Gasteiger partial charge in [-0.1, -0.05) is 18.0 Å². The molecule has 0 spiro atoms. The van der Waals surface area contributed by atoms with Gasteiger partial charge in [-0.15, -0.1) is 0 Å². The molecule has 0 aromatic heterocycles. The van der Waals surface area contributed by atoms with E-state index in [1.807, 2.05) is 0 Å². The number of amides is 1. The lowest BCUT2D eigenvalue weighted by molar-refractivity contribution is 0.0915. The quantitative estimate of drug-likeness (QED) is 0.902. The van der Waals surface area contributed by atoms with Crippen molar-refractivity contribution in [1.29, 1.82) is 0 Å². The van der Waals surface area contributed by atoms with E-state index >= 15 is 0 Å². The summed E-state index contributed by atoms with van der Waals surface area (Å²) in [5.41, 5.74) is 0.693. The first kappa shape index (κ1) is 12.9. The van der Waals surface area contributed by atoms with Gasteiger partial charge in [-0.3, -0.25) is 9.69 Å². The fourth-order valence-electron chi connectivity index (χ4n) is 3.27. The van der Waals surface area contributed by atoms with E-state index in [4.69, 9.17) is 11.6 Å². The summed E-state index contributed by atoms with van der Waals surface area (Å²) < 4.78 is 0. The number of hydrogen-bond donors (Lipinski definition) is 1. The molecule has 1 N–H and O–H groups in total. The smallest absolute Gasteiger partial charge is 0.251 e. The van der Waals surface area contributed by atoms with E-state index in [0.29, 0.717) is 22.7 Å². The minimum Gasteiger partial charge on any atom is -0.348 e. The number of carbonyl (C=O) groups is 1. The van der Waals surface area contributed by atoms with Gasteiger partial charge in [0.05, 0.1) is 0 Å². The van der Waals surface area contributed by atoms with E-state index in [0.717, 1.165) is 13.0 Å². The number of nitrogens with zero attached hydrogens (tertiary/aromatic N) is 1. The second kappa shape index (κ2) is 5.51. The minimum atomic E-state index is 0.0223. The molecule has 1 amide bonds. The van der Waals surface area contributed by atoms with Gasteiger partial charge in [0.2, 0.25) is 0 Å². The summed E-state index contributed by atoms with van der Waals surface area (Å²) in [6, 6.07) is 7.94. The van der Waals surface area contributed by atoms with Crippen LogP contribution in [0.5, 0.6) is 0 Å². The van der Waals surface area contributed by atoms with Crippen LogP contribution in [0.1, 0.15) is 36.0 Å². The van der Waals surface area contributed by atoms with Crippen LogP contribution in [0.3, 0.4) is 0 Å². The van der Waals surface area contributed by atoms with Crippen molar-refractivity contribution in [2.45, 2.75) is 37.8 Å². The topological polar surface area (TPSA) is 32.3 Å². The number of halogens is 1. The Morgan fingerprint density at radius 2 is 1.95 bits per heavy atom. The molecule has 0 unspecified atom stereocenters. The van der Waals surface area contributed by atoms with Crippen LogP contribution >= 0.6 is 11.6 Å². The van der Waals surface area contributed by atoms with Crippen LogP contribution < -0.4 is 5.32 Å². The molecule has 0 bridgehead atoms. The Kier molecular flexibility index (Phi) is 3.76. The van der Waals surface area contributed by atoms with Crippen LogP contribution in [0.15, 0.2) is 24.3 Å². The molecule has 3 rings (SSSR count). The number of hydrogen-bond acceptors (Lipinski definition) is 2. The number of rotatable bonds is 2. The predicted octanol–water partition coefficient (Wildman–Crippen LogP) is 2.70. The van der Waals surface area contributed by atoms with Crippen molar-refractivity contribution in [1.82, 2.24) is 10.2 Å². The van der Waals surface area contributed by atoms with Crippen molar-refractivity contribution in [3.05, 3.63) is 34.9 Å². The molecule has 3 nitrogen and oxygen atoms in total. The van der Waals surface area contributed by atoms with E-state index in [9.17, 15) is 4.79 Å². The summed E-state index contributed by atoms with van der Waals surface area (Å²) in [7, 11) is 0. The summed E-state index contributed by atoms with van der Waals surface area (Å²) in [4.78, 5) is 14.7. The molecule has 0 aliphatic carbocycles. The van der Waals surface area contributed by atoms with Gasteiger partial charge in [0.25, 0.3) is 5.91 Å². The van der Waals surface area contributed by atoms with E-state index in [-0.39, 0.29) is 5.91 Å². The third-order valence-electron chi connectivity index (χ3n) is 4.28. The maximum atomic E-state index is 12.2. The largest absolute Gasteiger partial charge is 0.348 e. The van der Waals surface area contributed by atoms with Crippen molar-refractivity contribution in [3.63, 3.8) is 0 Å². The molecule has 1 aromatic carbocycles. The van der Waals surface area contributed by atoms with Gasteiger partial charge >= 0.3 is 0 Å². The maximum Gasteiger partial charge on any atom is 0.251 e. The predicted molar refractivity (Wildman–Crippen MR) is 76.5 cm³/mol. The molecule has 2 atom stereocenters. The number of benzene rings is 1. The molecule has 4 heteroatoms. The highest BCUT2D eigenvalue weighted by Crippen LogP contribution is 2.27. The van der Waals surface area contributed by atoms with Gasteiger partial charge in [0.15, 0.2) is 0 Å². The highest BCUT2D eigenvalue weighted by atomic mass is 35.5. The van der Waals surface area contributed by atoms with Crippen molar-refractivity contribution < 1.29 is 4.79 Å². The molecule has 0 saturated carbocycles. The molecule has 2 aliphatic heterocycles. The van der Waals surface area contributed by atoms with Crippen LogP contribution in [0.25, 0.3) is 0 Å². The highest BCUT2D eigenvalue weighted by molar-refractivity contribution is 6.30. The molecule has 2 saturated heterocycles. The van der Waals surface area contributed by atoms with Crippen LogP contribution in [0.4, 0.5) is 0 Å². The maximum absolute atomic E-state index is 12.2. The fraction of sp³-hybridized carbons (Fsp3) is 0.533. The zero-order chi connectivity index (χ0) is 13.2. The van der Waals surface area contributed by atoms with Gasteiger partial charge in [0.1, 0.15) is 0 Å². The lowest BCUT2D eigenvalue weighted by atomic mass is 9.99. The summed E-state index contributed by atoms with van der Waals surface area (Å²) in [6.07, 6.45) is 4.87. The van der Waals surface area contributed by atoms with Crippen molar-refractivity contribution in [2.75, 3.05) is 13.1 Å². The van der Waals surface area contributed by atoms with Gasteiger partial charge in [-0.05, 0) is 50.1 Å². The molecule has 0 radical (unpaired) electrons. The standard InChI is InChI=1S/C15H19ClN2O/c16-12-6-4-11(5-7-12)15(19)17-13-8-10-18-9-2-1-3-14(13)18/h4-7,13-14H,1-3,8-10H2,(H,17,19)/t13-,14-/m0/s1. The third-order valence-corrected chi connectivity index (χ3v) is 4.53. The molecule has 2 heterocycles. The Labute approximate surface area is 118 Å². The molecule has 19 heavy (non-hydrogen) atoms. The Morgan fingerprint density at radius 1 is 1.16 bits per heavy atom.